The van der Waals surface area contributed by atoms with E-state index in [0.29, 0.717) is 17.8 Å². The molecule has 6 heteroatoms. The standard InChI is InChI=1S/C14H24N2O2S2/c1-5-14(6-2,19-4)10-16-20(17,18)13-9-12(15)8-7-11(13)3/h7-9,16H,5-6,10,15H2,1-4H3. The number of benzene rings is 1. The van der Waals surface area contributed by atoms with Gasteiger partial charge in [-0.3, -0.25) is 0 Å². The smallest absolute Gasteiger partial charge is 0.240 e. The normalized spacial score (nSPS) is 12.6. The Kier molecular flexibility index (Phi) is 5.91. The number of rotatable bonds is 7. The van der Waals surface area contributed by atoms with Crippen LogP contribution in [0.15, 0.2) is 23.1 Å². The molecule has 0 amide bonds. The highest BCUT2D eigenvalue weighted by molar-refractivity contribution is 8.00. The zero-order chi connectivity index (χ0) is 15.4. The van der Waals surface area contributed by atoms with E-state index in [-0.39, 0.29) is 9.64 Å². The van der Waals surface area contributed by atoms with Gasteiger partial charge in [0.25, 0.3) is 0 Å². The lowest BCUT2D eigenvalue weighted by Crippen LogP contribution is -2.39. The lowest BCUT2D eigenvalue weighted by molar-refractivity contribution is 0.522. The molecule has 3 N–H and O–H groups in total. The van der Waals surface area contributed by atoms with Gasteiger partial charge in [-0.1, -0.05) is 19.9 Å². The summed E-state index contributed by atoms with van der Waals surface area (Å²) in [6.45, 7) is 6.37. The van der Waals surface area contributed by atoms with Gasteiger partial charge in [0.2, 0.25) is 10.0 Å². The van der Waals surface area contributed by atoms with Gasteiger partial charge in [0.15, 0.2) is 0 Å². The van der Waals surface area contributed by atoms with Crippen LogP contribution in [-0.4, -0.2) is 26.0 Å². The highest BCUT2D eigenvalue weighted by Crippen LogP contribution is 2.30. The summed E-state index contributed by atoms with van der Waals surface area (Å²) in [6, 6.07) is 4.94. The average Bonchev–Trinajstić information content (AvgIpc) is 2.43. The molecular formula is C14H24N2O2S2. The molecule has 4 nitrogen and oxygen atoms in total. The summed E-state index contributed by atoms with van der Waals surface area (Å²) in [5, 5.41) is 0. The van der Waals surface area contributed by atoms with Crippen molar-refractivity contribution in [3.8, 4) is 0 Å². The molecule has 1 aromatic carbocycles. The van der Waals surface area contributed by atoms with Crippen molar-refractivity contribution < 1.29 is 8.42 Å². The summed E-state index contributed by atoms with van der Waals surface area (Å²) in [5.74, 6) is 0. The zero-order valence-electron chi connectivity index (χ0n) is 12.6. The van der Waals surface area contributed by atoms with Gasteiger partial charge >= 0.3 is 0 Å². The summed E-state index contributed by atoms with van der Waals surface area (Å²) in [4.78, 5) is 0.264. The van der Waals surface area contributed by atoms with Gasteiger partial charge in [-0.15, -0.1) is 0 Å². The maximum absolute atomic E-state index is 12.4. The van der Waals surface area contributed by atoms with Gasteiger partial charge in [0, 0.05) is 17.0 Å². The van der Waals surface area contributed by atoms with Gasteiger partial charge in [-0.25, -0.2) is 13.1 Å². The highest BCUT2D eigenvalue weighted by atomic mass is 32.2. The van der Waals surface area contributed by atoms with Crippen LogP contribution in [0.1, 0.15) is 32.3 Å². The average molecular weight is 316 g/mol. The van der Waals surface area contributed by atoms with Crippen molar-refractivity contribution in [1.29, 1.82) is 0 Å². The zero-order valence-corrected chi connectivity index (χ0v) is 14.2. The Balaban J connectivity index is 2.98. The summed E-state index contributed by atoms with van der Waals surface area (Å²) < 4.78 is 27.5. The number of anilines is 1. The third-order valence-corrected chi connectivity index (χ3v) is 6.94. The second kappa shape index (κ2) is 6.83. The molecule has 0 spiro atoms. The molecular weight excluding hydrogens is 292 g/mol. The Morgan fingerprint density at radius 3 is 2.40 bits per heavy atom. The Hall–Kier alpha value is -0.720. The van der Waals surface area contributed by atoms with Crippen molar-refractivity contribution in [3.05, 3.63) is 23.8 Å². The summed E-state index contributed by atoms with van der Waals surface area (Å²) in [5.41, 5.74) is 6.85. The van der Waals surface area contributed by atoms with E-state index in [9.17, 15) is 8.42 Å². The lowest BCUT2D eigenvalue weighted by Gasteiger charge is -2.29. The molecule has 0 aliphatic rings. The van der Waals surface area contributed by atoms with Crippen LogP contribution in [-0.2, 0) is 10.0 Å². The number of hydrogen-bond donors (Lipinski definition) is 2. The molecule has 20 heavy (non-hydrogen) atoms. The van der Waals surface area contributed by atoms with E-state index in [1.165, 1.54) is 6.07 Å². The van der Waals surface area contributed by atoms with Gasteiger partial charge in [-0.05, 0) is 43.7 Å². The van der Waals surface area contributed by atoms with Crippen LogP contribution in [0.3, 0.4) is 0 Å². The third kappa shape index (κ3) is 3.90. The minimum absolute atomic E-state index is 0.0543. The molecule has 0 saturated heterocycles. The van der Waals surface area contributed by atoms with E-state index in [2.05, 4.69) is 18.6 Å². The van der Waals surface area contributed by atoms with Crippen molar-refractivity contribution in [2.75, 3.05) is 18.5 Å². The number of sulfonamides is 1. The Morgan fingerprint density at radius 1 is 1.30 bits per heavy atom. The molecule has 0 fully saturated rings. The maximum atomic E-state index is 12.4. The summed E-state index contributed by atoms with van der Waals surface area (Å²) in [6.07, 6.45) is 3.86. The predicted octanol–water partition coefficient (Wildman–Crippen LogP) is 2.78. The Morgan fingerprint density at radius 2 is 1.90 bits per heavy atom. The minimum atomic E-state index is -3.52. The Labute approximate surface area is 126 Å². The van der Waals surface area contributed by atoms with Crippen LogP contribution in [0.5, 0.6) is 0 Å². The van der Waals surface area contributed by atoms with Gasteiger partial charge in [0.1, 0.15) is 0 Å². The largest absolute Gasteiger partial charge is 0.399 e. The van der Waals surface area contributed by atoms with Crippen molar-refractivity contribution in [2.45, 2.75) is 43.3 Å². The second-order valence-corrected chi connectivity index (χ2v) is 7.95. The van der Waals surface area contributed by atoms with Gasteiger partial charge < -0.3 is 5.73 Å². The van der Waals surface area contributed by atoms with Crippen molar-refractivity contribution in [3.63, 3.8) is 0 Å². The topological polar surface area (TPSA) is 72.2 Å². The quantitative estimate of drug-likeness (QED) is 0.759. The summed E-state index contributed by atoms with van der Waals surface area (Å²) in [7, 11) is -3.52. The predicted molar refractivity (Wildman–Crippen MR) is 87.6 cm³/mol. The molecule has 0 radical (unpaired) electrons. The molecule has 1 aromatic rings. The molecule has 0 bridgehead atoms. The number of nitrogen functional groups attached to an aromatic ring is 1. The minimum Gasteiger partial charge on any atom is -0.399 e. The van der Waals surface area contributed by atoms with Crippen molar-refractivity contribution >= 4 is 27.5 Å². The van der Waals surface area contributed by atoms with E-state index in [0.717, 1.165) is 12.8 Å². The van der Waals surface area contributed by atoms with E-state index in [4.69, 9.17) is 5.73 Å². The SMILES string of the molecule is CCC(CC)(CNS(=O)(=O)c1cc(N)ccc1C)SC. The van der Waals surface area contributed by atoms with Crippen LogP contribution in [0.2, 0.25) is 0 Å². The van der Waals surface area contributed by atoms with Crippen molar-refractivity contribution in [1.82, 2.24) is 4.72 Å². The van der Waals surface area contributed by atoms with Crippen LogP contribution < -0.4 is 10.5 Å². The lowest BCUT2D eigenvalue weighted by atomic mass is 10.0. The first-order valence-electron chi connectivity index (χ1n) is 6.71. The molecule has 0 atom stereocenters. The summed E-state index contributed by atoms with van der Waals surface area (Å²) >= 11 is 1.71. The first kappa shape index (κ1) is 17.3. The molecule has 1 rings (SSSR count). The molecule has 0 heterocycles. The van der Waals surface area contributed by atoms with E-state index < -0.39 is 10.0 Å². The first-order valence-corrected chi connectivity index (χ1v) is 9.42. The fourth-order valence-corrected chi connectivity index (χ4v) is 4.36. The second-order valence-electron chi connectivity index (χ2n) is 4.94. The molecule has 0 saturated carbocycles. The number of nitrogens with two attached hydrogens (primary N) is 1. The maximum Gasteiger partial charge on any atom is 0.240 e. The van der Waals surface area contributed by atoms with Crippen LogP contribution in [0, 0.1) is 6.92 Å². The molecule has 0 aromatic heterocycles. The molecule has 0 aliphatic carbocycles. The van der Waals surface area contributed by atoms with E-state index in [1.54, 1.807) is 30.8 Å². The van der Waals surface area contributed by atoms with Gasteiger partial charge in [0.05, 0.1) is 4.90 Å². The monoisotopic (exact) mass is 316 g/mol. The van der Waals surface area contributed by atoms with Crippen LogP contribution in [0.25, 0.3) is 0 Å². The van der Waals surface area contributed by atoms with Crippen LogP contribution >= 0.6 is 11.8 Å². The number of hydrogen-bond acceptors (Lipinski definition) is 4. The number of aryl methyl sites for hydroxylation is 1. The third-order valence-electron chi connectivity index (χ3n) is 3.81. The molecule has 0 unspecified atom stereocenters. The fraction of sp³-hybridized carbons (Fsp3) is 0.571. The van der Waals surface area contributed by atoms with Crippen LogP contribution in [0.4, 0.5) is 5.69 Å². The Bertz CT molecular complexity index is 544. The van der Waals surface area contributed by atoms with E-state index in [1.807, 2.05) is 6.26 Å². The number of nitrogens with one attached hydrogen (secondary N) is 1. The fourth-order valence-electron chi connectivity index (χ4n) is 2.07. The highest BCUT2D eigenvalue weighted by Gasteiger charge is 2.28. The number of thioether (sulfide) groups is 1. The molecule has 114 valence electrons. The molecule has 0 aliphatic heterocycles. The van der Waals surface area contributed by atoms with Crippen molar-refractivity contribution in [2.24, 2.45) is 0 Å². The van der Waals surface area contributed by atoms with Gasteiger partial charge in [-0.2, -0.15) is 11.8 Å². The van der Waals surface area contributed by atoms with E-state index >= 15 is 0 Å². The first-order chi connectivity index (χ1) is 9.30.